The van der Waals surface area contributed by atoms with Crippen LogP contribution in [0.25, 0.3) is 0 Å². The van der Waals surface area contributed by atoms with Crippen LogP contribution in [0.2, 0.25) is 0 Å². The van der Waals surface area contributed by atoms with Crippen molar-refractivity contribution in [3.8, 4) is 11.5 Å². The Morgan fingerprint density at radius 3 is 2.60 bits per heavy atom. The first-order chi connectivity index (χ1) is 11.9. The molecule has 0 aliphatic carbocycles. The number of amides is 2. The quantitative estimate of drug-likeness (QED) is 0.703. The fourth-order valence-electron chi connectivity index (χ4n) is 2.25. The Hall–Kier alpha value is -2.77. The molecule has 1 aromatic rings. The van der Waals surface area contributed by atoms with Gasteiger partial charge in [0, 0.05) is 13.5 Å². The molecular weight excluding hydrogens is 328 g/mol. The maximum absolute atomic E-state index is 12.0. The molecule has 2 amide bonds. The number of carbonyl (C=O) groups excluding carboxylic acids is 3. The van der Waals surface area contributed by atoms with Crippen LogP contribution in [0.5, 0.6) is 11.5 Å². The van der Waals surface area contributed by atoms with E-state index in [1.807, 2.05) is 6.07 Å². The molecule has 0 saturated heterocycles. The molecule has 0 saturated carbocycles. The van der Waals surface area contributed by atoms with E-state index in [9.17, 15) is 14.4 Å². The van der Waals surface area contributed by atoms with Crippen molar-refractivity contribution in [2.24, 2.45) is 5.92 Å². The van der Waals surface area contributed by atoms with Crippen LogP contribution < -0.4 is 20.1 Å². The third-order valence-electron chi connectivity index (χ3n) is 3.55. The minimum absolute atomic E-state index is 0.145. The lowest BCUT2D eigenvalue weighted by Gasteiger charge is -2.19. The zero-order chi connectivity index (χ0) is 18.4. The van der Waals surface area contributed by atoms with Crippen molar-refractivity contribution in [1.29, 1.82) is 0 Å². The summed E-state index contributed by atoms with van der Waals surface area (Å²) >= 11 is 0. The number of nitrogens with one attached hydrogen (secondary N) is 2. The highest BCUT2D eigenvalue weighted by Gasteiger charge is 2.25. The van der Waals surface area contributed by atoms with Gasteiger partial charge in [-0.3, -0.25) is 9.59 Å². The Bertz CT molecular complexity index is 659. The lowest BCUT2D eigenvalue weighted by molar-refractivity contribution is -0.152. The molecule has 8 heteroatoms. The molecule has 0 fully saturated rings. The maximum Gasteiger partial charge on any atom is 0.329 e. The smallest absolute Gasteiger partial charge is 0.329 e. The van der Waals surface area contributed by atoms with Crippen LogP contribution in [-0.2, 0) is 25.7 Å². The maximum atomic E-state index is 12.0. The average molecular weight is 350 g/mol. The van der Waals surface area contributed by atoms with Gasteiger partial charge < -0.3 is 24.8 Å². The van der Waals surface area contributed by atoms with Gasteiger partial charge in [-0.1, -0.05) is 19.9 Å². The number of rotatable bonds is 7. The predicted octanol–water partition coefficient (Wildman–Crippen LogP) is 0.735. The van der Waals surface area contributed by atoms with Crippen LogP contribution in [0.4, 0.5) is 0 Å². The first-order valence-electron chi connectivity index (χ1n) is 7.95. The average Bonchev–Trinajstić information content (AvgIpc) is 3.02. The number of benzene rings is 1. The normalized spacial score (nSPS) is 13.3. The third-order valence-corrected chi connectivity index (χ3v) is 3.55. The van der Waals surface area contributed by atoms with Gasteiger partial charge in [-0.25, -0.2) is 4.79 Å². The molecule has 25 heavy (non-hydrogen) atoms. The van der Waals surface area contributed by atoms with E-state index in [1.165, 1.54) is 6.92 Å². The number of hydrogen-bond donors (Lipinski definition) is 2. The van der Waals surface area contributed by atoms with Crippen molar-refractivity contribution >= 4 is 17.8 Å². The zero-order valence-corrected chi connectivity index (χ0v) is 14.5. The molecule has 1 aliphatic rings. The summed E-state index contributed by atoms with van der Waals surface area (Å²) in [6.45, 7) is 4.93. The lowest BCUT2D eigenvalue weighted by Crippen LogP contribution is -2.45. The first kappa shape index (κ1) is 18.6. The lowest BCUT2D eigenvalue weighted by atomic mass is 10.0. The van der Waals surface area contributed by atoms with Gasteiger partial charge in [0.2, 0.25) is 12.7 Å². The summed E-state index contributed by atoms with van der Waals surface area (Å²) in [5.41, 5.74) is 0.835. The molecule has 2 rings (SSSR count). The second kappa shape index (κ2) is 8.36. The fourth-order valence-corrected chi connectivity index (χ4v) is 2.25. The number of carbonyl (C=O) groups is 3. The van der Waals surface area contributed by atoms with Gasteiger partial charge in [-0.2, -0.15) is 0 Å². The van der Waals surface area contributed by atoms with Gasteiger partial charge in [-0.15, -0.1) is 0 Å². The Kier molecular flexibility index (Phi) is 6.21. The molecule has 0 spiro atoms. The van der Waals surface area contributed by atoms with Gasteiger partial charge >= 0.3 is 5.97 Å². The summed E-state index contributed by atoms with van der Waals surface area (Å²) in [4.78, 5) is 34.9. The number of fused-ring (bicyclic) bond motifs is 1. The fraction of sp³-hybridized carbons (Fsp3) is 0.471. The molecule has 8 nitrogen and oxygen atoms in total. The topological polar surface area (TPSA) is 103 Å². The molecule has 136 valence electrons. The second-order valence-corrected chi connectivity index (χ2v) is 5.99. The highest BCUT2D eigenvalue weighted by molar-refractivity contribution is 5.85. The molecular formula is C17H22N2O6. The molecule has 0 aromatic heterocycles. The van der Waals surface area contributed by atoms with E-state index in [1.54, 1.807) is 26.0 Å². The Labute approximate surface area is 145 Å². The molecule has 1 heterocycles. The van der Waals surface area contributed by atoms with Crippen LogP contribution in [0.15, 0.2) is 18.2 Å². The Morgan fingerprint density at radius 1 is 1.20 bits per heavy atom. The van der Waals surface area contributed by atoms with Crippen LogP contribution >= 0.6 is 0 Å². The van der Waals surface area contributed by atoms with E-state index >= 15 is 0 Å². The largest absolute Gasteiger partial charge is 0.454 e. The van der Waals surface area contributed by atoms with Crippen LogP contribution in [0.3, 0.4) is 0 Å². The highest BCUT2D eigenvalue weighted by Crippen LogP contribution is 2.32. The number of hydrogen-bond acceptors (Lipinski definition) is 6. The van der Waals surface area contributed by atoms with E-state index in [0.29, 0.717) is 11.5 Å². The second-order valence-electron chi connectivity index (χ2n) is 5.99. The highest BCUT2D eigenvalue weighted by atomic mass is 16.7. The van der Waals surface area contributed by atoms with Gasteiger partial charge in [0.15, 0.2) is 18.1 Å². The SMILES string of the molecule is CC(=O)NC(C(=O)OCC(=O)NCc1ccc2c(c1)OCO2)C(C)C. The molecule has 2 N–H and O–H groups in total. The van der Waals surface area contributed by atoms with Crippen molar-refractivity contribution in [2.45, 2.75) is 33.4 Å². The van der Waals surface area contributed by atoms with Crippen molar-refractivity contribution < 1.29 is 28.6 Å². The molecule has 1 unspecified atom stereocenters. The van der Waals surface area contributed by atoms with Gasteiger partial charge in [0.25, 0.3) is 5.91 Å². The van der Waals surface area contributed by atoms with E-state index < -0.39 is 24.5 Å². The minimum atomic E-state index is -0.779. The Morgan fingerprint density at radius 2 is 1.92 bits per heavy atom. The monoisotopic (exact) mass is 350 g/mol. The van der Waals surface area contributed by atoms with Crippen LogP contribution in [-0.4, -0.2) is 37.2 Å². The van der Waals surface area contributed by atoms with E-state index in [0.717, 1.165) is 5.56 Å². The molecule has 1 aromatic carbocycles. The molecule has 0 bridgehead atoms. The van der Waals surface area contributed by atoms with E-state index in [2.05, 4.69) is 10.6 Å². The summed E-state index contributed by atoms with van der Waals surface area (Å²) in [6.07, 6.45) is 0. The zero-order valence-electron chi connectivity index (χ0n) is 14.5. The summed E-state index contributed by atoms with van der Waals surface area (Å²) in [7, 11) is 0. The van der Waals surface area contributed by atoms with Gasteiger partial charge in [-0.05, 0) is 23.6 Å². The predicted molar refractivity (Wildman–Crippen MR) is 87.8 cm³/mol. The number of ether oxygens (including phenoxy) is 3. The third kappa shape index (κ3) is 5.37. The first-order valence-corrected chi connectivity index (χ1v) is 7.95. The summed E-state index contributed by atoms with van der Waals surface area (Å²) < 4.78 is 15.5. The van der Waals surface area contributed by atoms with Gasteiger partial charge in [0.1, 0.15) is 6.04 Å². The van der Waals surface area contributed by atoms with E-state index in [4.69, 9.17) is 14.2 Å². The number of esters is 1. The van der Waals surface area contributed by atoms with Crippen molar-refractivity contribution in [3.63, 3.8) is 0 Å². The summed E-state index contributed by atoms with van der Waals surface area (Å²) in [6, 6.07) is 4.58. The Balaban J connectivity index is 1.78. The molecule has 0 radical (unpaired) electrons. The summed E-state index contributed by atoms with van der Waals surface area (Å²) in [5, 5.41) is 5.17. The van der Waals surface area contributed by atoms with Crippen LogP contribution in [0, 0.1) is 5.92 Å². The van der Waals surface area contributed by atoms with Crippen LogP contribution in [0.1, 0.15) is 26.3 Å². The standard InChI is InChI=1S/C17H22N2O6/c1-10(2)16(19-11(3)20)17(22)23-8-15(21)18-7-12-4-5-13-14(6-12)25-9-24-13/h4-6,10,16H,7-9H2,1-3H3,(H,18,21)(H,19,20). The minimum Gasteiger partial charge on any atom is -0.454 e. The van der Waals surface area contributed by atoms with Crippen molar-refractivity contribution in [2.75, 3.05) is 13.4 Å². The van der Waals surface area contributed by atoms with Gasteiger partial charge in [0.05, 0.1) is 0 Å². The molecule has 1 aliphatic heterocycles. The van der Waals surface area contributed by atoms with Crippen molar-refractivity contribution in [1.82, 2.24) is 10.6 Å². The summed E-state index contributed by atoms with van der Waals surface area (Å²) in [5.74, 6) is -0.245. The van der Waals surface area contributed by atoms with E-state index in [-0.39, 0.29) is 25.2 Å². The van der Waals surface area contributed by atoms with Crippen molar-refractivity contribution in [3.05, 3.63) is 23.8 Å². The molecule has 1 atom stereocenters.